The van der Waals surface area contributed by atoms with Gasteiger partial charge in [-0.05, 0) is 19.4 Å². The summed E-state index contributed by atoms with van der Waals surface area (Å²) in [5, 5.41) is 2.94. The highest BCUT2D eigenvalue weighted by molar-refractivity contribution is 5.76. The third-order valence-electron chi connectivity index (χ3n) is 2.96. The van der Waals surface area contributed by atoms with Crippen molar-refractivity contribution < 1.29 is 9.53 Å². The zero-order chi connectivity index (χ0) is 13.5. The van der Waals surface area contributed by atoms with E-state index in [1.807, 2.05) is 38.1 Å². The Hall–Kier alpha value is -1.39. The predicted molar refractivity (Wildman–Crippen MR) is 72.2 cm³/mol. The standard InChI is InChI=1S/C14H22N2O2/c1-10-4-6-12(7-5-10)11(2)16-14(17)8-13(9-15)18-3/h4-7,11,13H,8-9,15H2,1-3H3,(H,16,17). The third kappa shape index (κ3) is 4.47. The van der Waals surface area contributed by atoms with Gasteiger partial charge in [0.05, 0.1) is 18.6 Å². The normalized spacial score (nSPS) is 14.0. The molecular formula is C14H22N2O2. The number of rotatable bonds is 6. The first-order chi connectivity index (χ1) is 8.56. The summed E-state index contributed by atoms with van der Waals surface area (Å²) in [6, 6.07) is 8.12. The molecule has 4 nitrogen and oxygen atoms in total. The molecule has 100 valence electrons. The summed E-state index contributed by atoms with van der Waals surface area (Å²) >= 11 is 0. The van der Waals surface area contributed by atoms with Crippen LogP contribution in [0.25, 0.3) is 0 Å². The molecule has 4 heteroatoms. The monoisotopic (exact) mass is 250 g/mol. The van der Waals surface area contributed by atoms with Crippen LogP contribution in [0.5, 0.6) is 0 Å². The number of carbonyl (C=O) groups excluding carboxylic acids is 1. The number of hydrogen-bond donors (Lipinski definition) is 2. The van der Waals surface area contributed by atoms with Gasteiger partial charge in [-0.3, -0.25) is 4.79 Å². The van der Waals surface area contributed by atoms with Crippen molar-refractivity contribution >= 4 is 5.91 Å². The lowest BCUT2D eigenvalue weighted by Gasteiger charge is -2.17. The number of aryl methyl sites for hydroxylation is 1. The molecule has 0 radical (unpaired) electrons. The fraction of sp³-hybridized carbons (Fsp3) is 0.500. The molecule has 0 aliphatic rings. The summed E-state index contributed by atoms with van der Waals surface area (Å²) in [6.45, 7) is 4.35. The van der Waals surface area contributed by atoms with Crippen molar-refractivity contribution in [3.05, 3.63) is 35.4 Å². The minimum atomic E-state index is -0.213. The molecule has 2 atom stereocenters. The zero-order valence-corrected chi connectivity index (χ0v) is 11.3. The highest BCUT2D eigenvalue weighted by Gasteiger charge is 2.14. The van der Waals surface area contributed by atoms with E-state index in [4.69, 9.17) is 10.5 Å². The largest absolute Gasteiger partial charge is 0.380 e. The van der Waals surface area contributed by atoms with Gasteiger partial charge in [0.1, 0.15) is 0 Å². The van der Waals surface area contributed by atoms with Gasteiger partial charge in [0.25, 0.3) is 0 Å². The molecule has 0 aliphatic heterocycles. The molecule has 0 saturated carbocycles. The molecule has 3 N–H and O–H groups in total. The van der Waals surface area contributed by atoms with Crippen molar-refractivity contribution in [2.24, 2.45) is 5.73 Å². The molecule has 1 aromatic rings. The predicted octanol–water partition coefficient (Wildman–Crippen LogP) is 1.54. The number of hydrogen-bond acceptors (Lipinski definition) is 3. The Morgan fingerprint density at radius 3 is 2.50 bits per heavy atom. The average Bonchev–Trinajstić information content (AvgIpc) is 2.36. The van der Waals surface area contributed by atoms with Crippen LogP contribution >= 0.6 is 0 Å². The Labute approximate surface area is 109 Å². The minimum absolute atomic E-state index is 0.00613. The summed E-state index contributed by atoms with van der Waals surface area (Å²) in [4.78, 5) is 11.8. The Bertz CT molecular complexity index is 372. The second-order valence-electron chi connectivity index (χ2n) is 4.50. The Morgan fingerprint density at radius 2 is 2.00 bits per heavy atom. The van der Waals surface area contributed by atoms with Gasteiger partial charge in [-0.1, -0.05) is 29.8 Å². The SMILES string of the molecule is COC(CN)CC(=O)NC(C)c1ccc(C)cc1. The van der Waals surface area contributed by atoms with Gasteiger partial charge in [-0.25, -0.2) is 0 Å². The molecule has 0 bridgehead atoms. The summed E-state index contributed by atoms with van der Waals surface area (Å²) in [5.41, 5.74) is 7.79. The summed E-state index contributed by atoms with van der Waals surface area (Å²) in [7, 11) is 1.56. The van der Waals surface area contributed by atoms with Crippen molar-refractivity contribution in [2.45, 2.75) is 32.4 Å². The molecule has 0 saturated heterocycles. The van der Waals surface area contributed by atoms with E-state index in [2.05, 4.69) is 5.32 Å². The average molecular weight is 250 g/mol. The maximum absolute atomic E-state index is 11.8. The Morgan fingerprint density at radius 1 is 1.39 bits per heavy atom. The number of nitrogens with one attached hydrogen (secondary N) is 1. The molecule has 0 aromatic heterocycles. The van der Waals surface area contributed by atoms with Crippen LogP contribution in [0, 0.1) is 6.92 Å². The van der Waals surface area contributed by atoms with E-state index >= 15 is 0 Å². The second kappa shape index (κ2) is 7.13. The van der Waals surface area contributed by atoms with E-state index in [1.165, 1.54) is 5.56 Å². The van der Waals surface area contributed by atoms with Crippen LogP contribution in [-0.4, -0.2) is 25.7 Å². The first-order valence-corrected chi connectivity index (χ1v) is 6.15. The molecule has 0 spiro atoms. The van der Waals surface area contributed by atoms with Gasteiger partial charge in [-0.2, -0.15) is 0 Å². The lowest BCUT2D eigenvalue weighted by molar-refractivity contribution is -0.124. The van der Waals surface area contributed by atoms with E-state index in [0.29, 0.717) is 13.0 Å². The van der Waals surface area contributed by atoms with Gasteiger partial charge in [-0.15, -0.1) is 0 Å². The molecule has 0 fully saturated rings. The number of ether oxygens (including phenoxy) is 1. The van der Waals surface area contributed by atoms with Crippen molar-refractivity contribution in [2.75, 3.05) is 13.7 Å². The van der Waals surface area contributed by atoms with Gasteiger partial charge < -0.3 is 15.8 Å². The molecule has 1 amide bonds. The first kappa shape index (κ1) is 14.7. The van der Waals surface area contributed by atoms with Gasteiger partial charge in [0.2, 0.25) is 5.91 Å². The van der Waals surface area contributed by atoms with E-state index < -0.39 is 0 Å². The van der Waals surface area contributed by atoms with Crippen LogP contribution in [0.3, 0.4) is 0 Å². The minimum Gasteiger partial charge on any atom is -0.380 e. The van der Waals surface area contributed by atoms with Crippen LogP contribution in [0.1, 0.15) is 30.5 Å². The maximum Gasteiger partial charge on any atom is 0.223 e. The van der Waals surface area contributed by atoms with Crippen LogP contribution in [-0.2, 0) is 9.53 Å². The summed E-state index contributed by atoms with van der Waals surface area (Å²) in [6.07, 6.45) is 0.0821. The van der Waals surface area contributed by atoms with Crippen LogP contribution < -0.4 is 11.1 Å². The van der Waals surface area contributed by atoms with Crippen molar-refractivity contribution in [1.29, 1.82) is 0 Å². The summed E-state index contributed by atoms with van der Waals surface area (Å²) in [5.74, 6) is -0.0413. The molecule has 18 heavy (non-hydrogen) atoms. The van der Waals surface area contributed by atoms with E-state index in [1.54, 1.807) is 7.11 Å². The topological polar surface area (TPSA) is 64.3 Å². The molecule has 1 rings (SSSR count). The lowest BCUT2D eigenvalue weighted by atomic mass is 10.1. The van der Waals surface area contributed by atoms with Crippen molar-refractivity contribution in [3.8, 4) is 0 Å². The maximum atomic E-state index is 11.8. The number of nitrogens with two attached hydrogens (primary N) is 1. The molecule has 0 heterocycles. The number of carbonyl (C=O) groups is 1. The van der Waals surface area contributed by atoms with Crippen LogP contribution in [0.2, 0.25) is 0 Å². The highest BCUT2D eigenvalue weighted by Crippen LogP contribution is 2.13. The number of methoxy groups -OCH3 is 1. The Balaban J connectivity index is 2.51. The fourth-order valence-corrected chi connectivity index (χ4v) is 1.71. The van der Waals surface area contributed by atoms with Gasteiger partial charge in [0.15, 0.2) is 0 Å². The first-order valence-electron chi connectivity index (χ1n) is 6.15. The smallest absolute Gasteiger partial charge is 0.223 e. The van der Waals surface area contributed by atoms with Gasteiger partial charge >= 0.3 is 0 Å². The third-order valence-corrected chi connectivity index (χ3v) is 2.96. The molecule has 2 unspecified atom stereocenters. The van der Waals surface area contributed by atoms with Crippen LogP contribution in [0.4, 0.5) is 0 Å². The zero-order valence-electron chi connectivity index (χ0n) is 11.3. The van der Waals surface area contributed by atoms with Crippen LogP contribution in [0.15, 0.2) is 24.3 Å². The molecular weight excluding hydrogens is 228 g/mol. The van der Waals surface area contributed by atoms with E-state index in [9.17, 15) is 4.79 Å². The fourth-order valence-electron chi connectivity index (χ4n) is 1.71. The molecule has 0 aliphatic carbocycles. The highest BCUT2D eigenvalue weighted by atomic mass is 16.5. The Kier molecular flexibility index (Phi) is 5.82. The van der Waals surface area contributed by atoms with E-state index in [0.717, 1.165) is 5.56 Å². The lowest BCUT2D eigenvalue weighted by Crippen LogP contribution is -2.33. The number of benzene rings is 1. The van der Waals surface area contributed by atoms with Crippen molar-refractivity contribution in [1.82, 2.24) is 5.32 Å². The molecule has 1 aromatic carbocycles. The quantitative estimate of drug-likeness (QED) is 0.805. The van der Waals surface area contributed by atoms with E-state index in [-0.39, 0.29) is 18.1 Å². The summed E-state index contributed by atoms with van der Waals surface area (Å²) < 4.78 is 5.09. The number of amides is 1. The van der Waals surface area contributed by atoms with Gasteiger partial charge in [0, 0.05) is 13.7 Å². The second-order valence-corrected chi connectivity index (χ2v) is 4.50. The van der Waals surface area contributed by atoms with Crippen molar-refractivity contribution in [3.63, 3.8) is 0 Å².